The number of carboxylic acids is 1. The zero-order chi connectivity index (χ0) is 22.4. The lowest BCUT2D eigenvalue weighted by molar-refractivity contribution is -0.146. The van der Waals surface area contributed by atoms with Crippen molar-refractivity contribution in [1.82, 2.24) is 0 Å². The number of rotatable bonds is 6. The molecule has 2 aromatic rings. The number of benzene rings is 1. The normalized spacial score (nSPS) is 10.9. The number of amidine groups is 1. The van der Waals surface area contributed by atoms with E-state index in [9.17, 15) is 14.0 Å². The second kappa shape index (κ2) is 10.1. The van der Waals surface area contributed by atoms with Gasteiger partial charge in [0, 0.05) is 16.5 Å². The molecule has 1 aromatic carbocycles. The molecule has 0 fully saturated rings. The van der Waals surface area contributed by atoms with E-state index < -0.39 is 23.2 Å². The molecule has 1 aromatic heterocycles. The van der Waals surface area contributed by atoms with Gasteiger partial charge < -0.3 is 20.7 Å². The molecule has 0 aliphatic heterocycles. The van der Waals surface area contributed by atoms with E-state index in [-0.39, 0.29) is 34.6 Å². The highest BCUT2D eigenvalue weighted by atomic mass is 32.1. The highest BCUT2D eigenvalue weighted by Crippen LogP contribution is 2.28. The van der Waals surface area contributed by atoms with Crippen molar-refractivity contribution >= 4 is 29.1 Å². The Morgan fingerprint density at radius 3 is 2.34 bits per heavy atom. The average Bonchev–Trinajstić information content (AvgIpc) is 3.03. The number of carbonyl (C=O) groups excluding carboxylic acids is 1. The molecule has 0 amide bonds. The summed E-state index contributed by atoms with van der Waals surface area (Å²) in [6.45, 7) is 6.64. The van der Waals surface area contributed by atoms with Gasteiger partial charge in [-0.1, -0.05) is 0 Å². The second-order valence-electron chi connectivity index (χ2n) is 7.17. The summed E-state index contributed by atoms with van der Waals surface area (Å²) < 4.78 is 18.9. The largest absolute Gasteiger partial charge is 0.481 e. The van der Waals surface area contributed by atoms with Crippen LogP contribution in [0, 0.1) is 16.6 Å². The number of aliphatic hydroxyl groups excluding tert-OH is 1. The quantitative estimate of drug-likeness (QED) is 0.243. The van der Waals surface area contributed by atoms with E-state index in [1.807, 2.05) is 0 Å². The van der Waals surface area contributed by atoms with E-state index in [0.717, 1.165) is 17.4 Å². The molecule has 0 bridgehead atoms. The van der Waals surface area contributed by atoms with Crippen LogP contribution in [0.5, 0.6) is 5.75 Å². The van der Waals surface area contributed by atoms with Gasteiger partial charge in [-0.05, 0) is 64.4 Å². The second-order valence-corrected chi connectivity index (χ2v) is 8.34. The van der Waals surface area contributed by atoms with Crippen molar-refractivity contribution in [2.24, 2.45) is 11.1 Å². The smallest absolute Gasteiger partial charge is 0.353 e. The summed E-state index contributed by atoms with van der Waals surface area (Å²) in [7, 11) is 0. The van der Waals surface area contributed by atoms with Gasteiger partial charge in [0.15, 0.2) is 11.6 Å². The van der Waals surface area contributed by atoms with Gasteiger partial charge in [-0.25, -0.2) is 9.18 Å². The van der Waals surface area contributed by atoms with Gasteiger partial charge >= 0.3 is 11.9 Å². The van der Waals surface area contributed by atoms with Gasteiger partial charge in [0.05, 0.1) is 5.41 Å². The zero-order valence-corrected chi connectivity index (χ0v) is 17.5. The zero-order valence-electron chi connectivity index (χ0n) is 16.7. The van der Waals surface area contributed by atoms with Crippen LogP contribution in [0.2, 0.25) is 0 Å². The maximum atomic E-state index is 13.9. The minimum absolute atomic E-state index is 0.167. The lowest BCUT2D eigenvalue weighted by Crippen LogP contribution is -2.25. The third kappa shape index (κ3) is 7.63. The molecule has 5 N–H and O–H groups in total. The lowest BCUT2D eigenvalue weighted by Gasteiger charge is -2.17. The Bertz CT molecular complexity index is 890. The summed E-state index contributed by atoms with van der Waals surface area (Å²) in [6, 6.07) is 6.79. The number of hydrogen-bond donors (Lipinski definition) is 4. The first kappa shape index (κ1) is 24.3. The Kier molecular flexibility index (Phi) is 8.47. The Hall–Kier alpha value is -2.78. The van der Waals surface area contributed by atoms with Crippen LogP contribution in [0.1, 0.15) is 47.8 Å². The van der Waals surface area contributed by atoms with E-state index >= 15 is 0 Å². The molecule has 0 unspecified atom stereocenters. The molecule has 158 valence electrons. The number of nitrogens with two attached hydrogens (primary N) is 1. The highest BCUT2D eigenvalue weighted by Gasteiger charge is 2.28. The Morgan fingerprint density at radius 2 is 1.86 bits per heavy atom. The highest BCUT2D eigenvalue weighted by molar-refractivity contribution is 7.13. The summed E-state index contributed by atoms with van der Waals surface area (Å²) in [5.41, 5.74) is 4.50. The number of aliphatic carboxylic acids is 1. The van der Waals surface area contributed by atoms with Gasteiger partial charge in [-0.15, -0.1) is 11.3 Å². The van der Waals surface area contributed by atoms with Gasteiger partial charge in [0.2, 0.25) is 0 Å². The molecule has 1 heterocycles. The monoisotopic (exact) mass is 424 g/mol. The molecule has 0 aliphatic carbocycles. The fraction of sp³-hybridized carbons (Fsp3) is 0.350. The van der Waals surface area contributed by atoms with Crippen LogP contribution in [-0.4, -0.2) is 34.1 Å². The van der Waals surface area contributed by atoms with Gasteiger partial charge in [0.25, 0.3) is 0 Å². The number of carbonyl (C=O) groups is 2. The third-order valence-electron chi connectivity index (χ3n) is 3.50. The molecule has 2 rings (SSSR count). The summed E-state index contributed by atoms with van der Waals surface area (Å²) >= 11 is 1.10. The maximum Gasteiger partial charge on any atom is 0.353 e. The Labute approximate surface area is 172 Å². The number of nitrogen functional groups attached to an aromatic ring is 1. The van der Waals surface area contributed by atoms with E-state index in [0.29, 0.717) is 4.88 Å². The molecule has 7 nitrogen and oxygen atoms in total. The predicted octanol–water partition coefficient (Wildman–Crippen LogP) is 3.43. The number of hydrogen-bond acceptors (Lipinski definition) is 6. The summed E-state index contributed by atoms with van der Waals surface area (Å²) in [6.07, 6.45) is 0.0992. The molecule has 0 aliphatic rings. The van der Waals surface area contributed by atoms with Crippen molar-refractivity contribution in [3.8, 4) is 5.75 Å². The first-order valence-corrected chi connectivity index (χ1v) is 9.51. The van der Waals surface area contributed by atoms with Crippen LogP contribution in [0.3, 0.4) is 0 Å². The van der Waals surface area contributed by atoms with Gasteiger partial charge in [-0.2, -0.15) is 0 Å². The van der Waals surface area contributed by atoms with Crippen molar-refractivity contribution in [1.29, 1.82) is 5.41 Å². The standard InChI is InChI=1S/C17H17FN2O4S.C3H8O/c1-17(2,16(22)23)8-10-4-6-13(25-10)15(21)24-12-5-3-9(14(19)20)7-11(12)18;1-3(2)4/h3-7H,8H2,1-2H3,(H3,19,20)(H,22,23);3-4H,1-2H3. The Balaban J connectivity index is 0.000000960. The number of thiophene rings is 1. The Morgan fingerprint density at radius 1 is 1.28 bits per heavy atom. The molecular formula is C20H25FN2O5S. The SMILES string of the molecule is CC(C)(Cc1ccc(C(=O)Oc2ccc(C(=N)N)cc2F)s1)C(=O)O.CC(C)O. The minimum atomic E-state index is -0.958. The summed E-state index contributed by atoms with van der Waals surface area (Å²) in [4.78, 5) is 24.3. The van der Waals surface area contributed by atoms with Crippen molar-refractivity contribution in [3.63, 3.8) is 0 Å². The minimum Gasteiger partial charge on any atom is -0.481 e. The van der Waals surface area contributed by atoms with Gasteiger partial charge in [-0.3, -0.25) is 10.2 Å². The van der Waals surface area contributed by atoms with E-state index in [2.05, 4.69) is 0 Å². The first-order chi connectivity index (χ1) is 13.3. The van der Waals surface area contributed by atoms with Crippen molar-refractivity contribution in [3.05, 3.63) is 51.5 Å². The number of halogens is 1. The molecule has 0 radical (unpaired) electrons. The number of carboxylic acid groups (broad SMARTS) is 1. The number of aliphatic hydroxyl groups is 1. The predicted molar refractivity (Wildman–Crippen MR) is 109 cm³/mol. The molecular weight excluding hydrogens is 399 g/mol. The average molecular weight is 424 g/mol. The number of esters is 1. The molecule has 29 heavy (non-hydrogen) atoms. The van der Waals surface area contributed by atoms with Crippen LogP contribution in [0.4, 0.5) is 4.39 Å². The summed E-state index contributed by atoms with van der Waals surface area (Å²) in [5, 5.41) is 24.5. The topological polar surface area (TPSA) is 134 Å². The number of nitrogens with one attached hydrogen (secondary N) is 1. The van der Waals surface area contributed by atoms with E-state index in [1.54, 1.807) is 33.8 Å². The van der Waals surface area contributed by atoms with Crippen LogP contribution in [0.15, 0.2) is 30.3 Å². The molecule has 9 heteroatoms. The molecule has 0 saturated heterocycles. The summed E-state index contributed by atoms with van der Waals surface area (Å²) in [5.74, 6) is -3.03. The number of ether oxygens (including phenoxy) is 1. The maximum absolute atomic E-state index is 13.9. The van der Waals surface area contributed by atoms with E-state index in [4.69, 9.17) is 26.1 Å². The van der Waals surface area contributed by atoms with Crippen LogP contribution in [-0.2, 0) is 11.2 Å². The van der Waals surface area contributed by atoms with Crippen LogP contribution >= 0.6 is 11.3 Å². The first-order valence-electron chi connectivity index (χ1n) is 8.69. The fourth-order valence-electron chi connectivity index (χ4n) is 2.00. The lowest BCUT2D eigenvalue weighted by atomic mass is 9.89. The van der Waals surface area contributed by atoms with Crippen LogP contribution < -0.4 is 10.5 Å². The van der Waals surface area contributed by atoms with Crippen molar-refractivity contribution in [2.75, 3.05) is 0 Å². The van der Waals surface area contributed by atoms with Gasteiger partial charge in [0.1, 0.15) is 10.7 Å². The molecule has 0 atom stereocenters. The molecule has 0 spiro atoms. The molecule has 0 saturated carbocycles. The van der Waals surface area contributed by atoms with Crippen molar-refractivity contribution in [2.45, 2.75) is 40.2 Å². The van der Waals surface area contributed by atoms with Crippen LogP contribution in [0.25, 0.3) is 0 Å². The fourth-order valence-corrected chi connectivity index (χ4v) is 3.11. The van der Waals surface area contributed by atoms with E-state index in [1.165, 1.54) is 18.2 Å². The van der Waals surface area contributed by atoms with Crippen molar-refractivity contribution < 1.29 is 28.9 Å². The third-order valence-corrected chi connectivity index (χ3v) is 4.57.